The fourth-order valence-corrected chi connectivity index (χ4v) is 3.57. The molecular weight excluding hydrogens is 344 g/mol. The zero-order valence-electron chi connectivity index (χ0n) is 16.8. The van der Waals surface area contributed by atoms with Crippen molar-refractivity contribution in [2.24, 2.45) is 0 Å². The van der Waals surface area contributed by atoms with Gasteiger partial charge >= 0.3 is 5.97 Å². The van der Waals surface area contributed by atoms with Gasteiger partial charge < -0.3 is 18.9 Å². The summed E-state index contributed by atoms with van der Waals surface area (Å²) in [6, 6.07) is 8.02. The van der Waals surface area contributed by atoms with Gasteiger partial charge in [0.2, 0.25) is 0 Å². The van der Waals surface area contributed by atoms with Gasteiger partial charge in [-0.2, -0.15) is 0 Å². The molecule has 0 spiro atoms. The van der Waals surface area contributed by atoms with Crippen molar-refractivity contribution in [2.45, 2.75) is 70.3 Å². The predicted octanol–water partition coefficient (Wildman–Crippen LogP) is 4.84. The van der Waals surface area contributed by atoms with Crippen LogP contribution in [0, 0.1) is 0 Å². The number of methoxy groups -OCH3 is 1. The van der Waals surface area contributed by atoms with Gasteiger partial charge in [0.05, 0.1) is 13.2 Å². The molecule has 1 aliphatic carbocycles. The standard InChI is InChI=1S/C22H34O5/c1-3-4-5-14-22(23)27-21-13-9-7-11-19(21)18-10-6-8-12-20(18)26-17-25-16-15-24-2/h6,8,10,12,19,21H,3-5,7,9,11,13-17H2,1-2H3/t19-,21+/m0/s1. The fraction of sp³-hybridized carbons (Fsp3) is 0.682. The van der Waals surface area contributed by atoms with Crippen LogP contribution in [0.15, 0.2) is 24.3 Å². The molecule has 1 aromatic carbocycles. The summed E-state index contributed by atoms with van der Waals surface area (Å²) in [4.78, 5) is 12.2. The fourth-order valence-electron chi connectivity index (χ4n) is 3.57. The lowest BCUT2D eigenvalue weighted by Gasteiger charge is -2.32. The monoisotopic (exact) mass is 378 g/mol. The summed E-state index contributed by atoms with van der Waals surface area (Å²) in [6.07, 6.45) is 7.72. The molecule has 0 aliphatic heterocycles. The minimum absolute atomic E-state index is 0.0629. The molecule has 0 aromatic heterocycles. The molecule has 0 amide bonds. The molecular formula is C22H34O5. The molecule has 2 atom stereocenters. The van der Waals surface area contributed by atoms with Crippen LogP contribution in [0.2, 0.25) is 0 Å². The number of carbonyl (C=O) groups excluding carboxylic acids is 1. The summed E-state index contributed by atoms with van der Waals surface area (Å²) in [5, 5.41) is 0. The molecule has 0 bridgehead atoms. The number of para-hydroxylation sites is 1. The van der Waals surface area contributed by atoms with E-state index in [1.807, 2.05) is 18.2 Å². The number of unbranched alkanes of at least 4 members (excludes halogenated alkanes) is 2. The first-order valence-electron chi connectivity index (χ1n) is 10.2. The quantitative estimate of drug-likeness (QED) is 0.296. The topological polar surface area (TPSA) is 54.0 Å². The Hall–Kier alpha value is -1.59. The maximum atomic E-state index is 12.2. The minimum atomic E-state index is -0.0679. The molecule has 2 rings (SSSR count). The molecule has 27 heavy (non-hydrogen) atoms. The van der Waals surface area contributed by atoms with Crippen LogP contribution in [0.25, 0.3) is 0 Å². The van der Waals surface area contributed by atoms with Crippen LogP contribution >= 0.6 is 0 Å². The molecule has 1 aliphatic rings. The van der Waals surface area contributed by atoms with E-state index in [0.29, 0.717) is 19.6 Å². The van der Waals surface area contributed by atoms with Gasteiger partial charge in [0.25, 0.3) is 0 Å². The van der Waals surface area contributed by atoms with Crippen molar-refractivity contribution in [3.05, 3.63) is 29.8 Å². The zero-order chi connectivity index (χ0) is 19.3. The third-order valence-electron chi connectivity index (χ3n) is 5.02. The van der Waals surface area contributed by atoms with E-state index < -0.39 is 0 Å². The SMILES string of the molecule is CCCCCC(=O)O[C@@H]1CCCC[C@H]1c1ccccc1OCOCCOC. The van der Waals surface area contributed by atoms with Gasteiger partial charge in [0, 0.05) is 25.0 Å². The molecule has 1 fully saturated rings. The van der Waals surface area contributed by atoms with Crippen molar-refractivity contribution in [3.63, 3.8) is 0 Å². The van der Waals surface area contributed by atoms with Crippen molar-refractivity contribution in [1.82, 2.24) is 0 Å². The van der Waals surface area contributed by atoms with E-state index in [9.17, 15) is 4.79 Å². The number of hydrogen-bond acceptors (Lipinski definition) is 5. The summed E-state index contributed by atoms with van der Waals surface area (Å²) < 4.78 is 22.1. The van der Waals surface area contributed by atoms with E-state index in [1.165, 1.54) is 0 Å². The number of hydrogen-bond donors (Lipinski definition) is 0. The van der Waals surface area contributed by atoms with Gasteiger partial charge in [-0.3, -0.25) is 4.79 Å². The van der Waals surface area contributed by atoms with Gasteiger partial charge in [-0.1, -0.05) is 44.4 Å². The van der Waals surface area contributed by atoms with Gasteiger partial charge in [-0.15, -0.1) is 0 Å². The van der Waals surface area contributed by atoms with Gasteiger partial charge in [-0.05, 0) is 31.7 Å². The summed E-state index contributed by atoms with van der Waals surface area (Å²) in [5.74, 6) is 0.930. The molecule has 152 valence electrons. The molecule has 0 heterocycles. The second-order valence-electron chi connectivity index (χ2n) is 7.08. The van der Waals surface area contributed by atoms with Gasteiger partial charge in [0.1, 0.15) is 11.9 Å². The second kappa shape index (κ2) is 12.7. The minimum Gasteiger partial charge on any atom is -0.467 e. The molecule has 5 nitrogen and oxygen atoms in total. The Bertz CT molecular complexity index is 545. The van der Waals surface area contributed by atoms with E-state index in [-0.39, 0.29) is 24.8 Å². The first kappa shape index (κ1) is 21.7. The van der Waals surface area contributed by atoms with Crippen molar-refractivity contribution < 1.29 is 23.7 Å². The van der Waals surface area contributed by atoms with E-state index in [4.69, 9.17) is 18.9 Å². The van der Waals surface area contributed by atoms with Crippen LogP contribution < -0.4 is 4.74 Å². The largest absolute Gasteiger partial charge is 0.467 e. The lowest BCUT2D eigenvalue weighted by molar-refractivity contribution is -0.151. The van der Waals surface area contributed by atoms with Crippen molar-refractivity contribution in [1.29, 1.82) is 0 Å². The number of esters is 1. The van der Waals surface area contributed by atoms with Gasteiger partial charge in [-0.25, -0.2) is 0 Å². The summed E-state index contributed by atoms with van der Waals surface area (Å²) >= 11 is 0. The average molecular weight is 379 g/mol. The lowest BCUT2D eigenvalue weighted by Crippen LogP contribution is -2.29. The number of ether oxygens (including phenoxy) is 4. The summed E-state index contributed by atoms with van der Waals surface area (Å²) in [6.45, 7) is 3.37. The molecule has 5 heteroatoms. The highest BCUT2D eigenvalue weighted by Gasteiger charge is 2.31. The molecule has 0 unspecified atom stereocenters. The highest BCUT2D eigenvalue weighted by molar-refractivity contribution is 5.69. The smallest absolute Gasteiger partial charge is 0.306 e. The Kier molecular flexibility index (Phi) is 10.2. The Labute approximate surface area is 163 Å². The molecule has 0 N–H and O–H groups in total. The van der Waals surface area contributed by atoms with Crippen LogP contribution in [-0.4, -0.2) is 39.2 Å². The van der Waals surface area contributed by atoms with Crippen LogP contribution in [-0.2, 0) is 19.0 Å². The maximum Gasteiger partial charge on any atom is 0.306 e. The van der Waals surface area contributed by atoms with Crippen molar-refractivity contribution in [2.75, 3.05) is 27.1 Å². The van der Waals surface area contributed by atoms with E-state index in [0.717, 1.165) is 56.3 Å². The molecule has 0 saturated heterocycles. The third-order valence-corrected chi connectivity index (χ3v) is 5.02. The number of rotatable bonds is 12. The Morgan fingerprint density at radius 1 is 1.11 bits per heavy atom. The molecule has 0 radical (unpaired) electrons. The van der Waals surface area contributed by atoms with E-state index in [2.05, 4.69) is 13.0 Å². The van der Waals surface area contributed by atoms with Crippen LogP contribution in [0.5, 0.6) is 5.75 Å². The Morgan fingerprint density at radius 3 is 2.74 bits per heavy atom. The highest BCUT2D eigenvalue weighted by Crippen LogP contribution is 2.39. The zero-order valence-corrected chi connectivity index (χ0v) is 16.8. The first-order chi connectivity index (χ1) is 13.3. The molecule has 1 aromatic rings. The van der Waals surface area contributed by atoms with E-state index >= 15 is 0 Å². The predicted molar refractivity (Wildman–Crippen MR) is 105 cm³/mol. The lowest BCUT2D eigenvalue weighted by atomic mass is 9.81. The number of benzene rings is 1. The van der Waals surface area contributed by atoms with Crippen LogP contribution in [0.3, 0.4) is 0 Å². The highest BCUT2D eigenvalue weighted by atomic mass is 16.7. The first-order valence-corrected chi connectivity index (χ1v) is 10.2. The van der Waals surface area contributed by atoms with Crippen LogP contribution in [0.1, 0.15) is 69.8 Å². The Morgan fingerprint density at radius 2 is 1.93 bits per heavy atom. The average Bonchev–Trinajstić information content (AvgIpc) is 2.69. The van der Waals surface area contributed by atoms with E-state index in [1.54, 1.807) is 7.11 Å². The normalized spacial score (nSPS) is 19.6. The summed E-state index contributed by atoms with van der Waals surface area (Å²) in [5.41, 5.74) is 1.11. The summed E-state index contributed by atoms with van der Waals surface area (Å²) in [7, 11) is 1.65. The van der Waals surface area contributed by atoms with Crippen LogP contribution in [0.4, 0.5) is 0 Å². The molecule has 1 saturated carbocycles. The van der Waals surface area contributed by atoms with Crippen molar-refractivity contribution >= 4 is 5.97 Å². The van der Waals surface area contributed by atoms with Gasteiger partial charge in [0.15, 0.2) is 6.79 Å². The van der Waals surface area contributed by atoms with Crippen molar-refractivity contribution in [3.8, 4) is 5.75 Å². The maximum absolute atomic E-state index is 12.2. The third kappa shape index (κ3) is 7.51. The Balaban J connectivity index is 1.97. The number of carbonyl (C=O) groups is 1. The second-order valence-corrected chi connectivity index (χ2v) is 7.08.